The van der Waals surface area contributed by atoms with Gasteiger partial charge in [0.15, 0.2) is 0 Å². The van der Waals surface area contributed by atoms with E-state index in [9.17, 15) is 0 Å². The molecular formula is C19H34N2O. The van der Waals surface area contributed by atoms with Crippen LogP contribution in [0.1, 0.15) is 64.0 Å². The Labute approximate surface area is 136 Å². The van der Waals surface area contributed by atoms with Crippen LogP contribution in [-0.4, -0.2) is 19.7 Å². The Morgan fingerprint density at radius 3 is 2.14 bits per heavy atom. The van der Waals surface area contributed by atoms with E-state index in [1.807, 2.05) is 0 Å². The summed E-state index contributed by atoms with van der Waals surface area (Å²) in [7, 11) is 0. The lowest BCUT2D eigenvalue weighted by atomic mass is 9.88. The fourth-order valence-corrected chi connectivity index (χ4v) is 2.64. The van der Waals surface area contributed by atoms with Gasteiger partial charge < -0.3 is 16.2 Å². The van der Waals surface area contributed by atoms with Crippen LogP contribution in [0.15, 0.2) is 18.2 Å². The Morgan fingerprint density at radius 1 is 1.00 bits per heavy atom. The summed E-state index contributed by atoms with van der Waals surface area (Å²) in [6.45, 7) is 13.1. The first-order valence-corrected chi connectivity index (χ1v) is 8.55. The molecular weight excluding hydrogens is 272 g/mol. The number of ether oxygens (including phenoxy) is 1. The fourth-order valence-electron chi connectivity index (χ4n) is 2.64. The number of rotatable bonds is 9. The highest BCUT2D eigenvalue weighted by atomic mass is 16.5. The molecule has 0 aliphatic heterocycles. The highest BCUT2D eigenvalue weighted by Gasteiger charge is 2.16. The third-order valence-electron chi connectivity index (χ3n) is 4.15. The van der Waals surface area contributed by atoms with E-state index in [0.717, 1.165) is 18.8 Å². The summed E-state index contributed by atoms with van der Waals surface area (Å²) in [6.07, 6.45) is 1.04. The van der Waals surface area contributed by atoms with Crippen LogP contribution in [0.2, 0.25) is 0 Å². The number of hydrogen-bond acceptors (Lipinski definition) is 3. The van der Waals surface area contributed by atoms with Crippen molar-refractivity contribution in [2.75, 3.05) is 19.7 Å². The SMILES string of the molecule is CC(C)COc1ccc(C(C)CC(CN)CN)cc1C(C)C. The molecule has 1 unspecified atom stereocenters. The van der Waals surface area contributed by atoms with Gasteiger partial charge in [0, 0.05) is 0 Å². The molecule has 0 heterocycles. The van der Waals surface area contributed by atoms with Gasteiger partial charge in [-0.25, -0.2) is 0 Å². The van der Waals surface area contributed by atoms with Crippen molar-refractivity contribution in [3.8, 4) is 5.75 Å². The van der Waals surface area contributed by atoms with E-state index in [2.05, 4.69) is 52.8 Å². The maximum absolute atomic E-state index is 5.98. The third kappa shape index (κ3) is 5.62. The summed E-state index contributed by atoms with van der Waals surface area (Å²) >= 11 is 0. The van der Waals surface area contributed by atoms with E-state index in [4.69, 9.17) is 16.2 Å². The van der Waals surface area contributed by atoms with E-state index in [1.54, 1.807) is 0 Å². The average molecular weight is 306 g/mol. The van der Waals surface area contributed by atoms with Gasteiger partial charge in [-0.15, -0.1) is 0 Å². The first kappa shape index (κ1) is 19.0. The van der Waals surface area contributed by atoms with Crippen molar-refractivity contribution in [2.45, 2.75) is 52.9 Å². The van der Waals surface area contributed by atoms with Crippen molar-refractivity contribution < 1.29 is 4.74 Å². The van der Waals surface area contributed by atoms with Gasteiger partial charge >= 0.3 is 0 Å². The van der Waals surface area contributed by atoms with Crippen LogP contribution in [0.3, 0.4) is 0 Å². The molecule has 0 aliphatic carbocycles. The third-order valence-corrected chi connectivity index (χ3v) is 4.15. The number of benzene rings is 1. The van der Waals surface area contributed by atoms with Crippen LogP contribution in [0, 0.1) is 11.8 Å². The van der Waals surface area contributed by atoms with Crippen LogP contribution in [0.25, 0.3) is 0 Å². The van der Waals surface area contributed by atoms with E-state index in [0.29, 0.717) is 36.8 Å². The van der Waals surface area contributed by atoms with Gasteiger partial charge in [0.1, 0.15) is 5.75 Å². The Balaban J connectivity index is 2.91. The Morgan fingerprint density at radius 2 is 1.64 bits per heavy atom. The fraction of sp³-hybridized carbons (Fsp3) is 0.684. The number of hydrogen-bond donors (Lipinski definition) is 2. The average Bonchev–Trinajstić information content (AvgIpc) is 2.49. The molecule has 0 bridgehead atoms. The molecule has 0 saturated carbocycles. The molecule has 3 heteroatoms. The first-order valence-electron chi connectivity index (χ1n) is 8.55. The Hall–Kier alpha value is -1.06. The molecule has 4 N–H and O–H groups in total. The smallest absolute Gasteiger partial charge is 0.122 e. The standard InChI is InChI=1S/C19H34N2O/c1-13(2)12-22-19-7-6-17(9-18(19)14(3)4)15(5)8-16(10-20)11-21/h6-7,9,13-16H,8,10-12,20-21H2,1-5H3. The number of nitrogens with two attached hydrogens (primary N) is 2. The zero-order valence-electron chi connectivity index (χ0n) is 14.9. The van der Waals surface area contributed by atoms with Gasteiger partial charge in [0.05, 0.1) is 6.61 Å². The second-order valence-electron chi connectivity index (χ2n) is 7.13. The minimum atomic E-state index is 0.398. The van der Waals surface area contributed by atoms with E-state index >= 15 is 0 Å². The van der Waals surface area contributed by atoms with Crippen molar-refractivity contribution >= 4 is 0 Å². The molecule has 3 nitrogen and oxygen atoms in total. The molecule has 1 atom stereocenters. The summed E-state index contributed by atoms with van der Waals surface area (Å²) in [4.78, 5) is 0. The van der Waals surface area contributed by atoms with Crippen molar-refractivity contribution in [3.63, 3.8) is 0 Å². The summed E-state index contributed by atoms with van der Waals surface area (Å²) < 4.78 is 5.98. The quantitative estimate of drug-likeness (QED) is 0.728. The largest absolute Gasteiger partial charge is 0.493 e. The molecule has 0 spiro atoms. The maximum Gasteiger partial charge on any atom is 0.122 e. The van der Waals surface area contributed by atoms with Gasteiger partial charge in [0.2, 0.25) is 0 Å². The highest BCUT2D eigenvalue weighted by Crippen LogP contribution is 2.32. The molecule has 0 amide bonds. The molecule has 1 aromatic carbocycles. The second kappa shape index (κ2) is 9.16. The minimum Gasteiger partial charge on any atom is -0.493 e. The Kier molecular flexibility index (Phi) is 7.91. The second-order valence-corrected chi connectivity index (χ2v) is 7.13. The molecule has 0 radical (unpaired) electrons. The van der Waals surface area contributed by atoms with Crippen LogP contribution in [0.5, 0.6) is 5.75 Å². The topological polar surface area (TPSA) is 61.3 Å². The molecule has 0 aromatic heterocycles. The molecule has 1 rings (SSSR count). The molecule has 126 valence electrons. The predicted molar refractivity (Wildman–Crippen MR) is 95.5 cm³/mol. The van der Waals surface area contributed by atoms with Crippen molar-refractivity contribution in [2.24, 2.45) is 23.3 Å². The molecule has 0 aliphatic rings. The molecule has 1 aromatic rings. The van der Waals surface area contributed by atoms with Gasteiger partial charge in [-0.2, -0.15) is 0 Å². The van der Waals surface area contributed by atoms with Crippen LogP contribution in [-0.2, 0) is 0 Å². The summed E-state index contributed by atoms with van der Waals surface area (Å²) in [5.74, 6) is 2.87. The van der Waals surface area contributed by atoms with Crippen LogP contribution in [0.4, 0.5) is 0 Å². The van der Waals surface area contributed by atoms with Gasteiger partial charge in [-0.1, -0.05) is 46.8 Å². The van der Waals surface area contributed by atoms with Gasteiger partial charge in [-0.05, 0) is 60.4 Å². The van der Waals surface area contributed by atoms with Crippen molar-refractivity contribution in [3.05, 3.63) is 29.3 Å². The maximum atomic E-state index is 5.98. The summed E-state index contributed by atoms with van der Waals surface area (Å²) in [5, 5.41) is 0. The molecule has 0 fully saturated rings. The van der Waals surface area contributed by atoms with Crippen LogP contribution < -0.4 is 16.2 Å². The summed E-state index contributed by atoms with van der Waals surface area (Å²) in [6, 6.07) is 6.62. The van der Waals surface area contributed by atoms with E-state index < -0.39 is 0 Å². The summed E-state index contributed by atoms with van der Waals surface area (Å²) in [5.41, 5.74) is 14.2. The molecule has 0 saturated heterocycles. The van der Waals surface area contributed by atoms with E-state index in [-0.39, 0.29) is 0 Å². The van der Waals surface area contributed by atoms with E-state index in [1.165, 1.54) is 11.1 Å². The lowest BCUT2D eigenvalue weighted by Crippen LogP contribution is -2.24. The predicted octanol–water partition coefficient (Wildman–Crippen LogP) is 3.87. The van der Waals surface area contributed by atoms with Crippen molar-refractivity contribution in [1.82, 2.24) is 0 Å². The monoisotopic (exact) mass is 306 g/mol. The zero-order valence-corrected chi connectivity index (χ0v) is 14.9. The highest BCUT2D eigenvalue weighted by molar-refractivity contribution is 5.40. The van der Waals surface area contributed by atoms with Crippen molar-refractivity contribution in [1.29, 1.82) is 0 Å². The Bertz CT molecular complexity index is 439. The minimum absolute atomic E-state index is 0.398. The normalized spacial score (nSPS) is 13.2. The first-order chi connectivity index (χ1) is 10.4. The molecule has 22 heavy (non-hydrogen) atoms. The lowest BCUT2D eigenvalue weighted by molar-refractivity contribution is 0.267. The van der Waals surface area contributed by atoms with Crippen LogP contribution >= 0.6 is 0 Å². The van der Waals surface area contributed by atoms with Gasteiger partial charge in [0.25, 0.3) is 0 Å². The lowest BCUT2D eigenvalue weighted by Gasteiger charge is -2.21. The van der Waals surface area contributed by atoms with Gasteiger partial charge in [-0.3, -0.25) is 0 Å². The zero-order chi connectivity index (χ0) is 16.7.